The summed E-state index contributed by atoms with van der Waals surface area (Å²) in [5.74, 6) is 0.244. The highest BCUT2D eigenvalue weighted by atomic mass is 16.1. The highest BCUT2D eigenvalue weighted by molar-refractivity contribution is 6.05. The molecule has 1 nitrogen and oxygen atoms in total. The van der Waals surface area contributed by atoms with Crippen LogP contribution in [0.3, 0.4) is 0 Å². The van der Waals surface area contributed by atoms with Crippen molar-refractivity contribution < 1.29 is 4.79 Å². The number of aryl methyl sites for hydroxylation is 1. The summed E-state index contributed by atoms with van der Waals surface area (Å²) < 4.78 is 0. The number of carbonyl (C=O) groups is 1. The van der Waals surface area contributed by atoms with Crippen molar-refractivity contribution in [3.63, 3.8) is 0 Å². The van der Waals surface area contributed by atoms with Crippen LogP contribution in [0.1, 0.15) is 39.9 Å². The van der Waals surface area contributed by atoms with E-state index in [0.29, 0.717) is 0 Å². The van der Waals surface area contributed by atoms with Gasteiger partial charge in [-0.3, -0.25) is 4.79 Å². The lowest BCUT2D eigenvalue weighted by molar-refractivity contribution is 0.0973. The first-order chi connectivity index (χ1) is 10.8. The molecule has 0 aromatic heterocycles. The molecule has 0 radical (unpaired) electrons. The summed E-state index contributed by atoms with van der Waals surface area (Å²) >= 11 is 0. The molecule has 1 unspecified atom stereocenters. The maximum absolute atomic E-state index is 12.7. The summed E-state index contributed by atoms with van der Waals surface area (Å²) in [6.45, 7) is 2.17. The molecule has 0 heterocycles. The number of ketones is 1. The van der Waals surface area contributed by atoms with Crippen molar-refractivity contribution in [3.8, 4) is 0 Å². The van der Waals surface area contributed by atoms with Gasteiger partial charge in [0.2, 0.25) is 0 Å². The van der Waals surface area contributed by atoms with Crippen molar-refractivity contribution >= 4 is 16.6 Å². The Hall–Kier alpha value is -2.41. The molecular weight excluding hydrogens is 268 g/mol. The predicted octanol–water partition coefficient (Wildman–Crippen LogP) is 4.92. The molecule has 0 aliphatic heterocycles. The zero-order chi connectivity index (χ0) is 15.1. The first kappa shape index (κ1) is 13.3. The maximum Gasteiger partial charge on any atom is 0.170 e. The third-order valence-corrected chi connectivity index (χ3v) is 4.76. The van der Waals surface area contributed by atoms with E-state index in [1.165, 1.54) is 21.9 Å². The number of fused-ring (bicyclic) bond motifs is 2. The zero-order valence-corrected chi connectivity index (χ0v) is 12.7. The van der Waals surface area contributed by atoms with Gasteiger partial charge in [0.05, 0.1) is 5.92 Å². The second-order valence-electron chi connectivity index (χ2n) is 6.07. The molecule has 0 N–H and O–H groups in total. The van der Waals surface area contributed by atoms with E-state index in [0.717, 1.165) is 24.0 Å². The van der Waals surface area contributed by atoms with E-state index >= 15 is 0 Å². The van der Waals surface area contributed by atoms with Crippen molar-refractivity contribution in [3.05, 3.63) is 82.9 Å². The van der Waals surface area contributed by atoms with Crippen LogP contribution in [0.4, 0.5) is 0 Å². The maximum atomic E-state index is 12.7. The van der Waals surface area contributed by atoms with Crippen molar-refractivity contribution in [2.45, 2.75) is 25.7 Å². The summed E-state index contributed by atoms with van der Waals surface area (Å²) in [4.78, 5) is 12.7. The summed E-state index contributed by atoms with van der Waals surface area (Å²) in [5.41, 5.74) is 4.56. The minimum absolute atomic E-state index is 0.0212. The average molecular weight is 286 g/mol. The molecule has 1 aliphatic rings. The van der Waals surface area contributed by atoms with Gasteiger partial charge < -0.3 is 0 Å². The third-order valence-electron chi connectivity index (χ3n) is 4.76. The molecule has 0 spiro atoms. The van der Waals surface area contributed by atoms with Gasteiger partial charge in [-0.15, -0.1) is 0 Å². The molecule has 108 valence electrons. The van der Waals surface area contributed by atoms with Gasteiger partial charge in [-0.2, -0.15) is 0 Å². The second kappa shape index (κ2) is 5.10. The number of hydrogen-bond donors (Lipinski definition) is 0. The minimum atomic E-state index is -0.0212. The normalized spacial score (nSPS) is 17.0. The van der Waals surface area contributed by atoms with Crippen LogP contribution < -0.4 is 0 Å². The quantitative estimate of drug-likeness (QED) is 0.653. The topological polar surface area (TPSA) is 17.1 Å². The van der Waals surface area contributed by atoms with E-state index in [4.69, 9.17) is 0 Å². The van der Waals surface area contributed by atoms with Gasteiger partial charge in [0.25, 0.3) is 0 Å². The smallest absolute Gasteiger partial charge is 0.170 e. The molecule has 0 fully saturated rings. The molecule has 1 aliphatic carbocycles. The van der Waals surface area contributed by atoms with Crippen molar-refractivity contribution in [2.24, 2.45) is 0 Å². The largest absolute Gasteiger partial charge is 0.293 e. The molecule has 3 aromatic carbocycles. The molecule has 1 atom stereocenters. The minimum Gasteiger partial charge on any atom is -0.293 e. The summed E-state index contributed by atoms with van der Waals surface area (Å²) in [6.07, 6.45) is 1.86. The molecule has 0 saturated heterocycles. The molecule has 3 aromatic rings. The van der Waals surface area contributed by atoms with Gasteiger partial charge in [0.1, 0.15) is 0 Å². The lowest BCUT2D eigenvalue weighted by Gasteiger charge is -2.10. The van der Waals surface area contributed by atoms with Crippen LogP contribution in [0.25, 0.3) is 10.8 Å². The first-order valence-corrected chi connectivity index (χ1v) is 7.91. The molecule has 1 heteroatoms. The molecule has 0 bridgehead atoms. The van der Waals surface area contributed by atoms with E-state index in [1.54, 1.807) is 0 Å². The first-order valence-electron chi connectivity index (χ1n) is 7.91. The highest BCUT2D eigenvalue weighted by Gasteiger charge is 2.31. The molecule has 4 rings (SSSR count). The number of rotatable bonds is 2. The summed E-state index contributed by atoms with van der Waals surface area (Å²) in [7, 11) is 0. The fourth-order valence-corrected chi connectivity index (χ4v) is 3.46. The van der Waals surface area contributed by atoms with E-state index in [1.807, 2.05) is 18.2 Å². The molecule has 0 saturated carbocycles. The van der Waals surface area contributed by atoms with Gasteiger partial charge in [0.15, 0.2) is 5.78 Å². The molecular formula is C21H18O. The van der Waals surface area contributed by atoms with E-state index < -0.39 is 0 Å². The van der Waals surface area contributed by atoms with Gasteiger partial charge in [-0.05, 0) is 40.3 Å². The summed E-state index contributed by atoms with van der Waals surface area (Å²) in [5, 5.41) is 2.48. The predicted molar refractivity (Wildman–Crippen MR) is 90.5 cm³/mol. The monoisotopic (exact) mass is 286 g/mol. The Balaban J connectivity index is 1.77. The Bertz CT molecular complexity index is 876. The number of carbonyl (C=O) groups excluding carboxylic acids is 1. The van der Waals surface area contributed by atoms with Crippen LogP contribution >= 0.6 is 0 Å². The van der Waals surface area contributed by atoms with Crippen molar-refractivity contribution in [1.82, 2.24) is 0 Å². The van der Waals surface area contributed by atoms with Crippen molar-refractivity contribution in [1.29, 1.82) is 0 Å². The fraction of sp³-hybridized carbons (Fsp3) is 0.190. The Kier molecular flexibility index (Phi) is 3.07. The van der Waals surface area contributed by atoms with Gasteiger partial charge in [0, 0.05) is 5.56 Å². The van der Waals surface area contributed by atoms with Crippen LogP contribution in [0.5, 0.6) is 0 Å². The number of benzene rings is 3. The fourth-order valence-electron chi connectivity index (χ4n) is 3.46. The van der Waals surface area contributed by atoms with Gasteiger partial charge in [-0.25, -0.2) is 0 Å². The summed E-state index contributed by atoms with van der Waals surface area (Å²) in [6, 6.07) is 21.0. The Morgan fingerprint density at radius 2 is 1.77 bits per heavy atom. The standard InChI is InChI=1S/C21H18O/c1-2-14-7-8-15-9-10-17(12-18(15)11-14)20-13-16-5-3-4-6-19(16)21(20)22/h3-12,20H,2,13H2,1H3. The van der Waals surface area contributed by atoms with Crippen LogP contribution in [0.15, 0.2) is 60.7 Å². The van der Waals surface area contributed by atoms with E-state index in [2.05, 4.69) is 49.4 Å². The lowest BCUT2D eigenvalue weighted by atomic mass is 9.92. The lowest BCUT2D eigenvalue weighted by Crippen LogP contribution is -2.06. The Labute approximate surface area is 130 Å². The third kappa shape index (κ3) is 2.05. The van der Waals surface area contributed by atoms with Gasteiger partial charge in [-0.1, -0.05) is 67.6 Å². The number of Topliss-reactive ketones (excluding diaryl/α,β-unsaturated/α-hetero) is 1. The number of hydrogen-bond acceptors (Lipinski definition) is 1. The van der Waals surface area contributed by atoms with Crippen LogP contribution in [0.2, 0.25) is 0 Å². The van der Waals surface area contributed by atoms with Crippen molar-refractivity contribution in [2.75, 3.05) is 0 Å². The van der Waals surface area contributed by atoms with E-state index in [9.17, 15) is 4.79 Å². The average Bonchev–Trinajstić information content (AvgIpc) is 2.91. The molecule has 22 heavy (non-hydrogen) atoms. The highest BCUT2D eigenvalue weighted by Crippen LogP contribution is 2.35. The van der Waals surface area contributed by atoms with Crippen LogP contribution in [0, 0.1) is 0 Å². The SMILES string of the molecule is CCc1ccc2ccc(C3Cc4ccccc4C3=O)cc2c1. The Morgan fingerprint density at radius 3 is 2.59 bits per heavy atom. The van der Waals surface area contributed by atoms with E-state index in [-0.39, 0.29) is 11.7 Å². The van der Waals surface area contributed by atoms with Crippen LogP contribution in [-0.4, -0.2) is 5.78 Å². The van der Waals surface area contributed by atoms with Gasteiger partial charge >= 0.3 is 0 Å². The van der Waals surface area contributed by atoms with Crippen LogP contribution in [-0.2, 0) is 12.8 Å². The Morgan fingerprint density at radius 1 is 0.955 bits per heavy atom. The zero-order valence-electron chi connectivity index (χ0n) is 12.7. The second-order valence-corrected chi connectivity index (χ2v) is 6.07. The molecule has 0 amide bonds.